The molecule has 5 nitrogen and oxygen atoms in total. The quantitative estimate of drug-likeness (QED) is 0.446. The number of ether oxygens (including phenoxy) is 1. The lowest BCUT2D eigenvalue weighted by Gasteiger charge is -2.27. The van der Waals surface area contributed by atoms with Gasteiger partial charge in [-0.15, -0.1) is 0 Å². The summed E-state index contributed by atoms with van der Waals surface area (Å²) in [5, 5.41) is 14.3. The third-order valence-electron chi connectivity index (χ3n) is 4.09. The molecule has 0 aromatic heterocycles. The second kappa shape index (κ2) is 8.27. The summed E-state index contributed by atoms with van der Waals surface area (Å²) in [6, 6.07) is 14.5. The van der Waals surface area contributed by atoms with Crippen LogP contribution in [0.2, 0.25) is 0 Å². The normalized spacial score (nSPS) is 12.3. The monoisotopic (exact) mass is 372 g/mol. The minimum absolute atomic E-state index is 0.0333. The van der Waals surface area contributed by atoms with Gasteiger partial charge in [0, 0.05) is 17.5 Å². The van der Waals surface area contributed by atoms with E-state index in [1.165, 1.54) is 12.1 Å². The predicted molar refractivity (Wildman–Crippen MR) is 108 cm³/mol. The smallest absolute Gasteiger partial charge is 0.269 e. The van der Waals surface area contributed by atoms with Gasteiger partial charge in [-0.25, -0.2) is 0 Å². The maximum Gasteiger partial charge on any atom is 0.269 e. The van der Waals surface area contributed by atoms with Crippen molar-refractivity contribution in [2.45, 2.75) is 33.2 Å². The molecule has 2 aromatic carbocycles. The standard InChI is InChI=1S/C20H24N2O3S/c1-20(2,3)19(26)21-18(15-7-11-17(25-4)12-8-15)13-14-5-9-16(10-6-14)22(23)24/h5-12,18H,13H2,1-4H3,(H,21,26). The van der Waals surface area contributed by atoms with Crippen molar-refractivity contribution in [2.24, 2.45) is 5.41 Å². The van der Waals surface area contributed by atoms with Gasteiger partial charge in [0.1, 0.15) is 5.75 Å². The molecule has 0 amide bonds. The molecule has 2 rings (SSSR count). The fourth-order valence-electron chi connectivity index (χ4n) is 2.45. The Morgan fingerprint density at radius 1 is 1.15 bits per heavy atom. The zero-order chi connectivity index (χ0) is 19.3. The van der Waals surface area contributed by atoms with Gasteiger partial charge in [0.25, 0.3) is 5.69 Å². The number of nitrogens with one attached hydrogen (secondary N) is 1. The van der Waals surface area contributed by atoms with E-state index in [1.807, 2.05) is 24.3 Å². The van der Waals surface area contributed by atoms with Gasteiger partial charge in [0.2, 0.25) is 0 Å². The fourth-order valence-corrected chi connectivity index (χ4v) is 2.59. The van der Waals surface area contributed by atoms with E-state index in [2.05, 4.69) is 26.1 Å². The van der Waals surface area contributed by atoms with E-state index in [0.29, 0.717) is 6.42 Å². The summed E-state index contributed by atoms with van der Waals surface area (Å²) in [4.78, 5) is 11.2. The van der Waals surface area contributed by atoms with Crippen LogP contribution in [0.4, 0.5) is 5.69 Å². The highest BCUT2D eigenvalue weighted by atomic mass is 32.1. The molecule has 0 aliphatic heterocycles. The van der Waals surface area contributed by atoms with E-state index in [1.54, 1.807) is 19.2 Å². The van der Waals surface area contributed by atoms with E-state index < -0.39 is 4.92 Å². The van der Waals surface area contributed by atoms with Crippen molar-refractivity contribution in [3.8, 4) is 5.75 Å². The van der Waals surface area contributed by atoms with Gasteiger partial charge in [-0.05, 0) is 29.7 Å². The van der Waals surface area contributed by atoms with Gasteiger partial charge < -0.3 is 10.1 Å². The van der Waals surface area contributed by atoms with Crippen LogP contribution in [0.15, 0.2) is 48.5 Å². The molecule has 0 saturated carbocycles. The van der Waals surface area contributed by atoms with Crippen molar-refractivity contribution >= 4 is 22.9 Å². The van der Waals surface area contributed by atoms with E-state index in [4.69, 9.17) is 17.0 Å². The summed E-state index contributed by atoms with van der Waals surface area (Å²) >= 11 is 5.56. The van der Waals surface area contributed by atoms with Crippen LogP contribution in [0, 0.1) is 15.5 Å². The highest BCUT2D eigenvalue weighted by Gasteiger charge is 2.22. The molecule has 2 aromatic rings. The summed E-state index contributed by atoms with van der Waals surface area (Å²) in [5.74, 6) is 0.793. The largest absolute Gasteiger partial charge is 0.497 e. The summed E-state index contributed by atoms with van der Waals surface area (Å²) in [7, 11) is 1.64. The molecular formula is C20H24N2O3S. The molecule has 138 valence electrons. The molecule has 1 unspecified atom stereocenters. The summed E-state index contributed by atoms with van der Waals surface area (Å²) in [6.45, 7) is 6.21. The lowest BCUT2D eigenvalue weighted by molar-refractivity contribution is -0.384. The number of hydrogen-bond acceptors (Lipinski definition) is 4. The minimum Gasteiger partial charge on any atom is -0.497 e. The van der Waals surface area contributed by atoms with Crippen molar-refractivity contribution in [3.63, 3.8) is 0 Å². The maximum absolute atomic E-state index is 10.8. The van der Waals surface area contributed by atoms with Gasteiger partial charge in [-0.2, -0.15) is 0 Å². The van der Waals surface area contributed by atoms with Crippen molar-refractivity contribution in [1.82, 2.24) is 5.32 Å². The topological polar surface area (TPSA) is 64.4 Å². The number of nitro benzene ring substituents is 1. The number of non-ortho nitro benzene ring substituents is 1. The summed E-state index contributed by atoms with van der Waals surface area (Å²) in [6.07, 6.45) is 0.667. The van der Waals surface area contributed by atoms with Crippen LogP contribution in [-0.2, 0) is 6.42 Å². The zero-order valence-corrected chi connectivity index (χ0v) is 16.3. The Kier molecular flexibility index (Phi) is 6.32. The van der Waals surface area contributed by atoms with Gasteiger partial charge in [0.05, 0.1) is 23.1 Å². The van der Waals surface area contributed by atoms with Crippen LogP contribution in [0.5, 0.6) is 5.75 Å². The van der Waals surface area contributed by atoms with Gasteiger partial charge in [-0.1, -0.05) is 57.3 Å². The molecule has 0 aliphatic carbocycles. The van der Waals surface area contributed by atoms with Crippen molar-refractivity contribution < 1.29 is 9.66 Å². The number of benzene rings is 2. The molecular weight excluding hydrogens is 348 g/mol. The first-order valence-corrected chi connectivity index (χ1v) is 8.80. The number of nitrogens with zero attached hydrogens (tertiary/aromatic N) is 1. The molecule has 1 N–H and O–H groups in total. The van der Waals surface area contributed by atoms with E-state index >= 15 is 0 Å². The van der Waals surface area contributed by atoms with Crippen molar-refractivity contribution in [3.05, 3.63) is 69.8 Å². The number of rotatable bonds is 6. The lowest BCUT2D eigenvalue weighted by atomic mass is 9.93. The Labute approximate surface area is 159 Å². The maximum atomic E-state index is 10.8. The van der Waals surface area contributed by atoms with E-state index in [9.17, 15) is 10.1 Å². The molecule has 6 heteroatoms. The zero-order valence-electron chi connectivity index (χ0n) is 15.5. The highest BCUT2D eigenvalue weighted by molar-refractivity contribution is 7.80. The second-order valence-corrected chi connectivity index (χ2v) is 7.59. The molecule has 0 heterocycles. The van der Waals surface area contributed by atoms with Crippen LogP contribution in [-0.4, -0.2) is 17.0 Å². The summed E-state index contributed by atoms with van der Waals surface area (Å²) < 4.78 is 5.23. The van der Waals surface area contributed by atoms with E-state index in [0.717, 1.165) is 21.9 Å². The second-order valence-electron chi connectivity index (χ2n) is 7.18. The van der Waals surface area contributed by atoms with Crippen LogP contribution >= 0.6 is 12.2 Å². The van der Waals surface area contributed by atoms with Gasteiger partial charge in [0.15, 0.2) is 0 Å². The fraction of sp³-hybridized carbons (Fsp3) is 0.350. The Morgan fingerprint density at radius 2 is 1.73 bits per heavy atom. The molecule has 0 fully saturated rings. The van der Waals surface area contributed by atoms with Crippen LogP contribution in [0.3, 0.4) is 0 Å². The number of methoxy groups -OCH3 is 1. The third kappa shape index (κ3) is 5.26. The first kappa shape index (κ1) is 19.8. The first-order valence-electron chi connectivity index (χ1n) is 8.39. The average Bonchev–Trinajstić information content (AvgIpc) is 2.60. The highest BCUT2D eigenvalue weighted by Crippen LogP contribution is 2.25. The Morgan fingerprint density at radius 3 is 2.19 bits per heavy atom. The molecule has 0 spiro atoms. The molecule has 0 aliphatic rings. The van der Waals surface area contributed by atoms with Crippen molar-refractivity contribution in [2.75, 3.05) is 7.11 Å². The third-order valence-corrected chi connectivity index (χ3v) is 4.82. The average molecular weight is 372 g/mol. The Hall–Kier alpha value is -2.47. The Balaban J connectivity index is 2.26. The van der Waals surface area contributed by atoms with Gasteiger partial charge in [-0.3, -0.25) is 10.1 Å². The lowest BCUT2D eigenvalue weighted by Crippen LogP contribution is -2.36. The molecule has 0 radical (unpaired) electrons. The molecule has 1 atom stereocenters. The molecule has 0 saturated heterocycles. The molecule has 26 heavy (non-hydrogen) atoms. The van der Waals surface area contributed by atoms with E-state index in [-0.39, 0.29) is 17.1 Å². The summed E-state index contributed by atoms with van der Waals surface area (Å²) in [5.41, 5.74) is 2.03. The SMILES string of the molecule is COc1ccc(C(Cc2ccc([N+](=O)[O-])cc2)NC(=S)C(C)(C)C)cc1. The van der Waals surface area contributed by atoms with Crippen LogP contribution in [0.1, 0.15) is 37.9 Å². The van der Waals surface area contributed by atoms with Crippen molar-refractivity contribution in [1.29, 1.82) is 0 Å². The van der Waals surface area contributed by atoms with Crippen LogP contribution in [0.25, 0.3) is 0 Å². The number of nitro groups is 1. The predicted octanol–water partition coefficient (Wildman–Crippen LogP) is 4.85. The molecule has 0 bridgehead atoms. The number of hydrogen-bond donors (Lipinski definition) is 1. The van der Waals surface area contributed by atoms with Gasteiger partial charge >= 0.3 is 0 Å². The first-order chi connectivity index (χ1) is 12.2. The van der Waals surface area contributed by atoms with Crippen LogP contribution < -0.4 is 10.1 Å². The number of thiocarbonyl (C=S) groups is 1. The minimum atomic E-state index is -0.391. The Bertz CT molecular complexity index is 765.